The molecule has 1 amide bonds. The van der Waals surface area contributed by atoms with Gasteiger partial charge in [-0.2, -0.15) is 0 Å². The molecule has 2 N–H and O–H groups in total. The number of nitrogen functional groups attached to an aromatic ring is 1. The smallest absolute Gasteiger partial charge is 0.254 e. The molecular formula is C15H25N3O3. The Hall–Kier alpha value is -1.66. The zero-order valence-electron chi connectivity index (χ0n) is 13.1. The zero-order valence-corrected chi connectivity index (χ0v) is 13.1. The topological polar surface area (TPSA) is 77.7 Å². The van der Waals surface area contributed by atoms with Gasteiger partial charge in [0.1, 0.15) is 5.82 Å². The quantitative estimate of drug-likeness (QED) is 0.744. The van der Waals surface area contributed by atoms with Crippen LogP contribution >= 0.6 is 0 Å². The standard InChI is InChI=1S/C15H25N3O3/c1-4-5-13-10-12(11-14(16)17-13)15(19)18(6-8-20-2)7-9-21-3/h10-11H,4-9H2,1-3H3,(H2,16,17). The van der Waals surface area contributed by atoms with E-state index in [0.29, 0.717) is 37.7 Å². The normalized spacial score (nSPS) is 10.6. The van der Waals surface area contributed by atoms with Crippen LogP contribution in [0.1, 0.15) is 29.4 Å². The first-order valence-corrected chi connectivity index (χ1v) is 7.16. The average Bonchev–Trinajstić information content (AvgIpc) is 2.46. The van der Waals surface area contributed by atoms with Gasteiger partial charge in [0.25, 0.3) is 5.91 Å². The van der Waals surface area contributed by atoms with Crippen molar-refractivity contribution in [1.29, 1.82) is 0 Å². The van der Waals surface area contributed by atoms with E-state index >= 15 is 0 Å². The third-order valence-corrected chi connectivity index (χ3v) is 3.07. The molecule has 1 heterocycles. The maximum absolute atomic E-state index is 12.6. The molecule has 6 heteroatoms. The van der Waals surface area contributed by atoms with Crippen LogP contribution in [0, 0.1) is 0 Å². The second kappa shape index (κ2) is 9.31. The number of nitrogens with zero attached hydrogens (tertiary/aromatic N) is 2. The molecule has 0 radical (unpaired) electrons. The van der Waals surface area contributed by atoms with Gasteiger partial charge in [-0.3, -0.25) is 4.79 Å². The fraction of sp³-hybridized carbons (Fsp3) is 0.600. The third kappa shape index (κ3) is 5.69. The molecule has 0 bridgehead atoms. The molecule has 0 aromatic carbocycles. The Labute approximate surface area is 126 Å². The first kappa shape index (κ1) is 17.4. The summed E-state index contributed by atoms with van der Waals surface area (Å²) in [5.74, 6) is 0.304. The van der Waals surface area contributed by atoms with E-state index in [1.807, 2.05) is 6.07 Å². The number of anilines is 1. The molecule has 0 atom stereocenters. The summed E-state index contributed by atoms with van der Waals surface area (Å²) in [5, 5.41) is 0. The highest BCUT2D eigenvalue weighted by molar-refractivity contribution is 5.95. The third-order valence-electron chi connectivity index (χ3n) is 3.07. The van der Waals surface area contributed by atoms with Crippen molar-refractivity contribution < 1.29 is 14.3 Å². The van der Waals surface area contributed by atoms with Crippen LogP contribution in [0.3, 0.4) is 0 Å². The van der Waals surface area contributed by atoms with Crippen molar-refractivity contribution in [2.45, 2.75) is 19.8 Å². The van der Waals surface area contributed by atoms with Gasteiger partial charge in [0.15, 0.2) is 0 Å². The van der Waals surface area contributed by atoms with E-state index in [1.165, 1.54) is 0 Å². The molecule has 1 rings (SSSR count). The van der Waals surface area contributed by atoms with Gasteiger partial charge in [-0.1, -0.05) is 13.3 Å². The maximum atomic E-state index is 12.6. The van der Waals surface area contributed by atoms with Crippen LogP contribution < -0.4 is 5.73 Å². The van der Waals surface area contributed by atoms with Gasteiger partial charge < -0.3 is 20.1 Å². The number of aromatic nitrogens is 1. The molecule has 0 aliphatic rings. The van der Waals surface area contributed by atoms with Gasteiger partial charge in [0, 0.05) is 38.6 Å². The van der Waals surface area contributed by atoms with Gasteiger partial charge >= 0.3 is 0 Å². The summed E-state index contributed by atoms with van der Waals surface area (Å²) < 4.78 is 10.1. The summed E-state index contributed by atoms with van der Waals surface area (Å²) >= 11 is 0. The minimum atomic E-state index is -0.0736. The SMILES string of the molecule is CCCc1cc(C(=O)N(CCOC)CCOC)cc(N)n1. The summed E-state index contributed by atoms with van der Waals surface area (Å²) in [7, 11) is 3.23. The average molecular weight is 295 g/mol. The van der Waals surface area contributed by atoms with Gasteiger partial charge in [0.05, 0.1) is 13.2 Å². The molecule has 21 heavy (non-hydrogen) atoms. The number of rotatable bonds is 9. The predicted octanol–water partition coefficient (Wildman–Crippen LogP) is 1.35. The van der Waals surface area contributed by atoms with E-state index in [4.69, 9.17) is 15.2 Å². The van der Waals surface area contributed by atoms with E-state index in [1.54, 1.807) is 25.2 Å². The Bertz CT molecular complexity index is 444. The maximum Gasteiger partial charge on any atom is 0.254 e. The van der Waals surface area contributed by atoms with Crippen molar-refractivity contribution >= 4 is 11.7 Å². The number of pyridine rings is 1. The highest BCUT2D eigenvalue weighted by Gasteiger charge is 2.16. The monoisotopic (exact) mass is 295 g/mol. The fourth-order valence-electron chi connectivity index (χ4n) is 2.02. The zero-order chi connectivity index (χ0) is 15.7. The summed E-state index contributed by atoms with van der Waals surface area (Å²) in [6, 6.07) is 3.43. The van der Waals surface area contributed by atoms with Crippen molar-refractivity contribution in [1.82, 2.24) is 9.88 Å². The van der Waals surface area contributed by atoms with Crippen molar-refractivity contribution in [3.63, 3.8) is 0 Å². The van der Waals surface area contributed by atoms with Gasteiger partial charge in [-0.15, -0.1) is 0 Å². The molecule has 0 unspecified atom stereocenters. The molecule has 1 aromatic heterocycles. The summed E-state index contributed by atoms with van der Waals surface area (Å²) in [4.78, 5) is 18.5. The number of aryl methyl sites for hydroxylation is 1. The van der Waals surface area contributed by atoms with E-state index in [-0.39, 0.29) is 5.91 Å². The number of hydrogen-bond donors (Lipinski definition) is 1. The Morgan fingerprint density at radius 1 is 1.24 bits per heavy atom. The second-order valence-corrected chi connectivity index (χ2v) is 4.80. The van der Waals surface area contributed by atoms with E-state index in [2.05, 4.69) is 11.9 Å². The molecule has 0 spiro atoms. The first-order valence-electron chi connectivity index (χ1n) is 7.16. The van der Waals surface area contributed by atoms with Crippen LogP contribution in [0.2, 0.25) is 0 Å². The molecule has 0 saturated carbocycles. The number of ether oxygens (including phenoxy) is 2. The number of hydrogen-bond acceptors (Lipinski definition) is 5. The molecule has 0 saturated heterocycles. The summed E-state index contributed by atoms with van der Waals surface area (Å²) in [6.45, 7) is 4.07. The second-order valence-electron chi connectivity index (χ2n) is 4.80. The number of methoxy groups -OCH3 is 2. The van der Waals surface area contributed by atoms with Crippen LogP contribution in [0.5, 0.6) is 0 Å². The van der Waals surface area contributed by atoms with Gasteiger partial charge in [0.2, 0.25) is 0 Å². The van der Waals surface area contributed by atoms with Gasteiger partial charge in [-0.25, -0.2) is 4.98 Å². The number of carbonyl (C=O) groups excluding carboxylic acids is 1. The molecule has 0 fully saturated rings. The largest absolute Gasteiger partial charge is 0.384 e. The number of nitrogens with two attached hydrogens (primary N) is 1. The van der Waals surface area contributed by atoms with Crippen LogP contribution in [0.4, 0.5) is 5.82 Å². The first-order chi connectivity index (χ1) is 10.1. The number of carbonyl (C=O) groups is 1. The van der Waals surface area contributed by atoms with Crippen LogP contribution in [0.15, 0.2) is 12.1 Å². The summed E-state index contributed by atoms with van der Waals surface area (Å²) in [6.07, 6.45) is 1.77. The van der Waals surface area contributed by atoms with E-state index in [0.717, 1.165) is 18.5 Å². The fourth-order valence-corrected chi connectivity index (χ4v) is 2.02. The highest BCUT2D eigenvalue weighted by atomic mass is 16.5. The molecule has 0 aliphatic carbocycles. The lowest BCUT2D eigenvalue weighted by Gasteiger charge is -2.22. The van der Waals surface area contributed by atoms with Gasteiger partial charge in [-0.05, 0) is 18.6 Å². The minimum Gasteiger partial charge on any atom is -0.384 e. The minimum absolute atomic E-state index is 0.0736. The molecule has 6 nitrogen and oxygen atoms in total. The lowest BCUT2D eigenvalue weighted by molar-refractivity contribution is 0.0627. The lowest BCUT2D eigenvalue weighted by atomic mass is 10.1. The van der Waals surface area contributed by atoms with Crippen molar-refractivity contribution in [3.8, 4) is 0 Å². The van der Waals surface area contributed by atoms with Crippen LogP contribution in [-0.4, -0.2) is 56.3 Å². The van der Waals surface area contributed by atoms with E-state index < -0.39 is 0 Å². The molecule has 118 valence electrons. The molecular weight excluding hydrogens is 270 g/mol. The lowest BCUT2D eigenvalue weighted by Crippen LogP contribution is -2.36. The Morgan fingerprint density at radius 2 is 1.86 bits per heavy atom. The highest BCUT2D eigenvalue weighted by Crippen LogP contribution is 2.12. The molecule has 1 aromatic rings. The Balaban J connectivity index is 2.90. The predicted molar refractivity (Wildman–Crippen MR) is 82.3 cm³/mol. The van der Waals surface area contributed by atoms with Crippen LogP contribution in [0.25, 0.3) is 0 Å². The van der Waals surface area contributed by atoms with E-state index in [9.17, 15) is 4.79 Å². The number of amides is 1. The van der Waals surface area contributed by atoms with Crippen molar-refractivity contribution in [3.05, 3.63) is 23.4 Å². The van der Waals surface area contributed by atoms with Crippen LogP contribution in [-0.2, 0) is 15.9 Å². The Kier molecular flexibility index (Phi) is 7.71. The van der Waals surface area contributed by atoms with Crippen molar-refractivity contribution in [2.24, 2.45) is 0 Å². The summed E-state index contributed by atoms with van der Waals surface area (Å²) in [5.41, 5.74) is 7.21. The molecule has 0 aliphatic heterocycles. The van der Waals surface area contributed by atoms with Crippen molar-refractivity contribution in [2.75, 3.05) is 46.3 Å². The Morgan fingerprint density at radius 3 is 2.38 bits per heavy atom.